The van der Waals surface area contributed by atoms with Crippen LogP contribution in [0.2, 0.25) is 0 Å². The van der Waals surface area contributed by atoms with Crippen molar-refractivity contribution < 1.29 is 0 Å². The first-order valence-corrected chi connectivity index (χ1v) is 8.91. The van der Waals surface area contributed by atoms with E-state index in [4.69, 9.17) is 0 Å². The van der Waals surface area contributed by atoms with E-state index in [0.29, 0.717) is 6.04 Å². The standard InChI is InChI=1S/C16H28N4S/c1-4-5-13-6-8-14(9-7-13)20-16(17-3)19-11-15-18-10-12(2)21-15/h10,13-14H,4-9,11H2,1-3H3,(H2,17,19,20). The zero-order valence-electron chi connectivity index (χ0n) is 13.5. The maximum Gasteiger partial charge on any atom is 0.191 e. The average molecular weight is 308 g/mol. The van der Waals surface area contributed by atoms with Gasteiger partial charge in [-0.25, -0.2) is 4.98 Å². The Morgan fingerprint density at radius 2 is 2.14 bits per heavy atom. The van der Waals surface area contributed by atoms with E-state index in [1.165, 1.54) is 43.4 Å². The number of nitrogens with one attached hydrogen (secondary N) is 2. The van der Waals surface area contributed by atoms with Crippen molar-refractivity contribution in [1.29, 1.82) is 0 Å². The van der Waals surface area contributed by atoms with Crippen LogP contribution in [0.5, 0.6) is 0 Å². The van der Waals surface area contributed by atoms with Crippen molar-refractivity contribution >= 4 is 17.3 Å². The number of guanidine groups is 1. The molecule has 2 N–H and O–H groups in total. The third-order valence-corrected chi connectivity index (χ3v) is 5.10. The summed E-state index contributed by atoms with van der Waals surface area (Å²) in [6.07, 6.45) is 9.88. The maximum atomic E-state index is 4.37. The molecule has 0 saturated heterocycles. The minimum Gasteiger partial charge on any atom is -0.354 e. The molecule has 0 radical (unpaired) electrons. The Bertz CT molecular complexity index is 447. The van der Waals surface area contributed by atoms with E-state index in [2.05, 4.69) is 34.5 Å². The molecule has 0 spiro atoms. The third-order valence-electron chi connectivity index (χ3n) is 4.18. The van der Waals surface area contributed by atoms with Gasteiger partial charge in [-0.1, -0.05) is 19.8 Å². The van der Waals surface area contributed by atoms with Crippen LogP contribution < -0.4 is 10.6 Å². The van der Waals surface area contributed by atoms with Gasteiger partial charge in [-0.05, 0) is 38.5 Å². The van der Waals surface area contributed by atoms with Crippen molar-refractivity contribution in [3.8, 4) is 0 Å². The molecular weight excluding hydrogens is 280 g/mol. The fourth-order valence-electron chi connectivity index (χ4n) is 3.03. The zero-order chi connectivity index (χ0) is 15.1. The van der Waals surface area contributed by atoms with E-state index in [1.807, 2.05) is 13.2 Å². The lowest BCUT2D eigenvalue weighted by Gasteiger charge is -2.30. The van der Waals surface area contributed by atoms with Crippen molar-refractivity contribution in [2.75, 3.05) is 7.05 Å². The second-order valence-corrected chi connectivity index (χ2v) is 7.26. The first kappa shape index (κ1) is 16.3. The van der Waals surface area contributed by atoms with Crippen molar-refractivity contribution in [3.63, 3.8) is 0 Å². The number of hydrogen-bond donors (Lipinski definition) is 2. The van der Waals surface area contributed by atoms with Crippen LogP contribution in [0.25, 0.3) is 0 Å². The zero-order valence-corrected chi connectivity index (χ0v) is 14.3. The first-order valence-electron chi connectivity index (χ1n) is 8.09. The Balaban J connectivity index is 1.73. The maximum absolute atomic E-state index is 4.37. The summed E-state index contributed by atoms with van der Waals surface area (Å²) in [5.74, 6) is 1.85. The summed E-state index contributed by atoms with van der Waals surface area (Å²) in [5.41, 5.74) is 0. The van der Waals surface area contributed by atoms with Crippen molar-refractivity contribution in [1.82, 2.24) is 15.6 Å². The monoisotopic (exact) mass is 308 g/mol. The normalized spacial score (nSPS) is 23.1. The molecule has 1 aliphatic rings. The van der Waals surface area contributed by atoms with Crippen LogP contribution in [-0.2, 0) is 6.54 Å². The van der Waals surface area contributed by atoms with E-state index >= 15 is 0 Å². The van der Waals surface area contributed by atoms with Gasteiger partial charge in [0, 0.05) is 24.2 Å². The highest BCUT2D eigenvalue weighted by atomic mass is 32.1. The average Bonchev–Trinajstić information content (AvgIpc) is 2.91. The van der Waals surface area contributed by atoms with Crippen LogP contribution in [0.1, 0.15) is 55.3 Å². The highest BCUT2D eigenvalue weighted by Crippen LogP contribution is 2.27. The molecule has 0 amide bonds. The molecule has 1 saturated carbocycles. The predicted octanol–water partition coefficient (Wildman–Crippen LogP) is 3.48. The van der Waals surface area contributed by atoms with E-state index in [9.17, 15) is 0 Å². The molecule has 5 heteroatoms. The minimum atomic E-state index is 0.572. The summed E-state index contributed by atoms with van der Waals surface area (Å²) >= 11 is 1.74. The summed E-state index contributed by atoms with van der Waals surface area (Å²) in [5, 5.41) is 8.04. The summed E-state index contributed by atoms with van der Waals surface area (Å²) in [6, 6.07) is 0.572. The van der Waals surface area contributed by atoms with E-state index < -0.39 is 0 Å². The molecule has 1 fully saturated rings. The fourth-order valence-corrected chi connectivity index (χ4v) is 3.76. The van der Waals surface area contributed by atoms with Crippen LogP contribution in [0.15, 0.2) is 11.2 Å². The topological polar surface area (TPSA) is 49.3 Å². The van der Waals surface area contributed by atoms with Gasteiger partial charge in [0.25, 0.3) is 0 Å². The Hall–Kier alpha value is -1.10. The molecule has 1 aromatic rings. The Morgan fingerprint density at radius 1 is 1.38 bits per heavy atom. The number of aromatic nitrogens is 1. The lowest BCUT2D eigenvalue weighted by Crippen LogP contribution is -2.44. The lowest BCUT2D eigenvalue weighted by molar-refractivity contribution is 0.295. The second kappa shape index (κ2) is 8.37. The smallest absolute Gasteiger partial charge is 0.191 e. The largest absolute Gasteiger partial charge is 0.354 e. The number of aliphatic imine (C=N–C) groups is 1. The Labute approximate surface area is 132 Å². The highest BCUT2D eigenvalue weighted by molar-refractivity contribution is 7.11. The fraction of sp³-hybridized carbons (Fsp3) is 0.750. The number of nitrogens with zero attached hydrogens (tertiary/aromatic N) is 2. The van der Waals surface area contributed by atoms with Crippen LogP contribution >= 0.6 is 11.3 Å². The van der Waals surface area contributed by atoms with Crippen LogP contribution in [-0.4, -0.2) is 24.0 Å². The van der Waals surface area contributed by atoms with Crippen molar-refractivity contribution in [2.45, 2.75) is 65.0 Å². The molecule has 0 aromatic carbocycles. The quantitative estimate of drug-likeness (QED) is 0.647. The summed E-state index contributed by atoms with van der Waals surface area (Å²) in [7, 11) is 1.84. The van der Waals surface area contributed by atoms with Gasteiger partial charge in [-0.2, -0.15) is 0 Å². The first-order chi connectivity index (χ1) is 10.2. The number of aryl methyl sites for hydroxylation is 1. The van der Waals surface area contributed by atoms with Gasteiger partial charge in [0.1, 0.15) is 5.01 Å². The molecule has 0 aliphatic heterocycles. The molecule has 1 aliphatic carbocycles. The molecule has 4 nitrogen and oxygen atoms in total. The Kier molecular flexibility index (Phi) is 6.49. The van der Waals surface area contributed by atoms with Gasteiger partial charge >= 0.3 is 0 Å². The SMILES string of the molecule is CCCC1CCC(NC(=NC)NCc2ncc(C)s2)CC1. The molecule has 0 unspecified atom stereocenters. The number of thiazole rings is 1. The van der Waals surface area contributed by atoms with E-state index in [0.717, 1.165) is 23.4 Å². The van der Waals surface area contributed by atoms with Gasteiger partial charge in [0.05, 0.1) is 6.54 Å². The summed E-state index contributed by atoms with van der Waals surface area (Å²) in [4.78, 5) is 9.96. The molecule has 1 aromatic heterocycles. The second-order valence-electron chi connectivity index (χ2n) is 5.94. The predicted molar refractivity (Wildman–Crippen MR) is 90.8 cm³/mol. The Morgan fingerprint density at radius 3 is 2.71 bits per heavy atom. The third kappa shape index (κ3) is 5.30. The number of rotatable bonds is 5. The molecular formula is C16H28N4S. The summed E-state index contributed by atoms with van der Waals surface area (Å²) < 4.78 is 0. The van der Waals surface area contributed by atoms with Crippen molar-refractivity contribution in [2.24, 2.45) is 10.9 Å². The van der Waals surface area contributed by atoms with Crippen LogP contribution in [0.3, 0.4) is 0 Å². The summed E-state index contributed by atoms with van der Waals surface area (Å²) in [6.45, 7) is 5.13. The number of hydrogen-bond acceptors (Lipinski definition) is 3. The lowest BCUT2D eigenvalue weighted by atomic mass is 9.83. The van der Waals surface area contributed by atoms with Crippen molar-refractivity contribution in [3.05, 3.63) is 16.1 Å². The molecule has 118 valence electrons. The molecule has 0 atom stereocenters. The van der Waals surface area contributed by atoms with Gasteiger partial charge in [-0.15, -0.1) is 11.3 Å². The van der Waals surface area contributed by atoms with Gasteiger partial charge < -0.3 is 10.6 Å². The minimum absolute atomic E-state index is 0.572. The van der Waals surface area contributed by atoms with Crippen LogP contribution in [0.4, 0.5) is 0 Å². The van der Waals surface area contributed by atoms with E-state index in [-0.39, 0.29) is 0 Å². The molecule has 0 bridgehead atoms. The highest BCUT2D eigenvalue weighted by Gasteiger charge is 2.21. The van der Waals surface area contributed by atoms with Gasteiger partial charge in [0.15, 0.2) is 5.96 Å². The molecule has 1 heterocycles. The van der Waals surface area contributed by atoms with Gasteiger partial charge in [0.2, 0.25) is 0 Å². The molecule has 21 heavy (non-hydrogen) atoms. The van der Waals surface area contributed by atoms with Gasteiger partial charge in [-0.3, -0.25) is 4.99 Å². The van der Waals surface area contributed by atoms with E-state index in [1.54, 1.807) is 11.3 Å². The molecule has 2 rings (SSSR count). The van der Waals surface area contributed by atoms with Crippen LogP contribution in [0, 0.1) is 12.8 Å².